The van der Waals surface area contributed by atoms with Gasteiger partial charge >= 0.3 is 0 Å². The number of carbonyl (C=O) groups is 2. The van der Waals surface area contributed by atoms with E-state index in [0.717, 1.165) is 23.3 Å². The fraction of sp³-hybridized carbons (Fsp3) is 0.364. The van der Waals surface area contributed by atoms with E-state index in [1.165, 1.54) is 0 Å². The van der Waals surface area contributed by atoms with Gasteiger partial charge < -0.3 is 15.0 Å². The van der Waals surface area contributed by atoms with Gasteiger partial charge in [0.1, 0.15) is 5.75 Å². The number of para-hydroxylation sites is 1. The van der Waals surface area contributed by atoms with Gasteiger partial charge in [-0.3, -0.25) is 9.59 Å². The first kappa shape index (κ1) is 20.5. The molecule has 27 heavy (non-hydrogen) atoms. The lowest BCUT2D eigenvalue weighted by atomic mass is 10.1. The van der Waals surface area contributed by atoms with E-state index < -0.39 is 0 Å². The molecule has 0 saturated carbocycles. The highest BCUT2D eigenvalue weighted by Crippen LogP contribution is 2.18. The summed E-state index contributed by atoms with van der Waals surface area (Å²) in [7, 11) is 1.65. The highest BCUT2D eigenvalue weighted by atomic mass is 16.5. The molecule has 2 aromatic carbocycles. The van der Waals surface area contributed by atoms with Gasteiger partial charge in [0.05, 0.1) is 7.11 Å². The zero-order valence-corrected chi connectivity index (χ0v) is 16.1. The largest absolute Gasteiger partial charge is 0.496 e. The van der Waals surface area contributed by atoms with Gasteiger partial charge in [0.15, 0.2) is 0 Å². The molecule has 0 aliphatic carbocycles. The summed E-state index contributed by atoms with van der Waals surface area (Å²) in [5.41, 5.74) is 2.22. The molecule has 144 valence electrons. The van der Waals surface area contributed by atoms with Crippen LogP contribution in [0.3, 0.4) is 0 Å². The number of hydrogen-bond donors (Lipinski definition) is 1. The third kappa shape index (κ3) is 7.13. The number of carbonyl (C=O) groups excluding carboxylic acids is 2. The number of nitrogens with one attached hydrogen (secondary N) is 1. The Kier molecular flexibility index (Phi) is 8.36. The van der Waals surface area contributed by atoms with Crippen molar-refractivity contribution in [3.8, 4) is 5.75 Å². The third-order valence-corrected chi connectivity index (χ3v) is 4.48. The van der Waals surface area contributed by atoms with Gasteiger partial charge in [-0.1, -0.05) is 48.5 Å². The number of amides is 2. The van der Waals surface area contributed by atoms with E-state index in [-0.39, 0.29) is 11.8 Å². The van der Waals surface area contributed by atoms with Crippen molar-refractivity contribution in [2.24, 2.45) is 0 Å². The van der Waals surface area contributed by atoms with Crippen LogP contribution in [0, 0.1) is 0 Å². The molecule has 0 saturated heterocycles. The summed E-state index contributed by atoms with van der Waals surface area (Å²) in [5.74, 6) is 0.839. The van der Waals surface area contributed by atoms with E-state index in [9.17, 15) is 9.59 Å². The predicted octanol–water partition coefficient (Wildman–Crippen LogP) is 2.84. The predicted molar refractivity (Wildman–Crippen MR) is 107 cm³/mol. The summed E-state index contributed by atoms with van der Waals surface area (Å²) in [6, 6.07) is 17.7. The van der Waals surface area contributed by atoms with E-state index in [1.807, 2.05) is 54.6 Å². The van der Waals surface area contributed by atoms with Gasteiger partial charge in [0.25, 0.3) is 0 Å². The second kappa shape index (κ2) is 11.0. The van der Waals surface area contributed by atoms with Gasteiger partial charge in [-0.15, -0.1) is 0 Å². The quantitative estimate of drug-likeness (QED) is 0.702. The molecule has 2 rings (SSSR count). The molecule has 0 atom stereocenters. The van der Waals surface area contributed by atoms with Crippen LogP contribution in [0.15, 0.2) is 54.6 Å². The average Bonchev–Trinajstić information content (AvgIpc) is 2.69. The zero-order chi connectivity index (χ0) is 19.5. The van der Waals surface area contributed by atoms with Crippen LogP contribution in [-0.2, 0) is 22.4 Å². The summed E-state index contributed by atoms with van der Waals surface area (Å²) < 4.78 is 5.35. The molecular formula is C22H28N2O3. The summed E-state index contributed by atoms with van der Waals surface area (Å²) in [4.78, 5) is 25.6. The molecule has 0 aliphatic heterocycles. The Labute approximate surface area is 161 Å². The van der Waals surface area contributed by atoms with Crippen molar-refractivity contribution >= 4 is 11.8 Å². The van der Waals surface area contributed by atoms with Crippen molar-refractivity contribution in [1.29, 1.82) is 0 Å². The maximum atomic E-state index is 12.0. The summed E-state index contributed by atoms with van der Waals surface area (Å²) in [5, 5.41) is 2.90. The lowest BCUT2D eigenvalue weighted by Gasteiger charge is -2.22. The van der Waals surface area contributed by atoms with Gasteiger partial charge in [0, 0.05) is 33.0 Å². The highest BCUT2D eigenvalue weighted by Gasteiger charge is 2.11. The minimum Gasteiger partial charge on any atom is -0.496 e. The minimum absolute atomic E-state index is 0.00318. The van der Waals surface area contributed by atoms with E-state index in [4.69, 9.17) is 4.74 Å². The van der Waals surface area contributed by atoms with Crippen molar-refractivity contribution in [3.05, 3.63) is 65.7 Å². The highest BCUT2D eigenvalue weighted by molar-refractivity contribution is 5.76. The first-order chi connectivity index (χ1) is 13.1. The number of ether oxygens (including phenoxy) is 1. The second-order valence-electron chi connectivity index (χ2n) is 6.40. The van der Waals surface area contributed by atoms with Crippen LogP contribution in [0.25, 0.3) is 0 Å². The molecule has 5 heteroatoms. The number of aryl methyl sites for hydroxylation is 1. The van der Waals surface area contributed by atoms with E-state index in [0.29, 0.717) is 32.5 Å². The molecule has 0 fully saturated rings. The fourth-order valence-electron chi connectivity index (χ4n) is 2.91. The molecule has 0 aromatic heterocycles. The summed E-state index contributed by atoms with van der Waals surface area (Å²) in [6.45, 7) is 3.11. The molecule has 0 heterocycles. The van der Waals surface area contributed by atoms with E-state index in [2.05, 4.69) is 5.32 Å². The average molecular weight is 368 g/mol. The summed E-state index contributed by atoms with van der Waals surface area (Å²) >= 11 is 0. The van der Waals surface area contributed by atoms with Crippen molar-refractivity contribution < 1.29 is 14.3 Å². The topological polar surface area (TPSA) is 58.6 Å². The molecular weight excluding hydrogens is 340 g/mol. The second-order valence-corrected chi connectivity index (χ2v) is 6.40. The Morgan fingerprint density at radius 1 is 0.963 bits per heavy atom. The van der Waals surface area contributed by atoms with Crippen molar-refractivity contribution in [2.45, 2.75) is 26.2 Å². The fourth-order valence-corrected chi connectivity index (χ4v) is 2.91. The molecule has 0 radical (unpaired) electrons. The van der Waals surface area contributed by atoms with Crippen molar-refractivity contribution in [2.75, 3.05) is 26.7 Å². The van der Waals surface area contributed by atoms with Crippen LogP contribution in [0.2, 0.25) is 0 Å². The maximum absolute atomic E-state index is 12.0. The summed E-state index contributed by atoms with van der Waals surface area (Å²) in [6.07, 6.45) is 1.88. The number of nitrogens with zero attached hydrogens (tertiary/aromatic N) is 1. The third-order valence-electron chi connectivity index (χ3n) is 4.48. The van der Waals surface area contributed by atoms with Crippen molar-refractivity contribution in [1.82, 2.24) is 10.2 Å². The first-order valence-electron chi connectivity index (χ1n) is 9.28. The van der Waals surface area contributed by atoms with E-state index in [1.54, 1.807) is 18.9 Å². The molecule has 1 N–H and O–H groups in total. The minimum atomic E-state index is 0.00318. The van der Waals surface area contributed by atoms with Crippen LogP contribution in [0.5, 0.6) is 5.75 Å². The zero-order valence-electron chi connectivity index (χ0n) is 16.1. The maximum Gasteiger partial charge on any atom is 0.220 e. The lowest BCUT2D eigenvalue weighted by molar-refractivity contribution is -0.129. The molecule has 2 amide bonds. The number of methoxy groups -OCH3 is 1. The Balaban J connectivity index is 1.74. The molecule has 0 aliphatic rings. The van der Waals surface area contributed by atoms with Gasteiger partial charge in [-0.05, 0) is 30.0 Å². The normalized spacial score (nSPS) is 10.3. The van der Waals surface area contributed by atoms with Crippen LogP contribution >= 0.6 is 0 Å². The molecule has 0 bridgehead atoms. The molecule has 2 aromatic rings. The monoisotopic (exact) mass is 368 g/mol. The Bertz CT molecular complexity index is 731. The van der Waals surface area contributed by atoms with Gasteiger partial charge in [-0.2, -0.15) is 0 Å². The Hall–Kier alpha value is -2.82. The van der Waals surface area contributed by atoms with Crippen LogP contribution in [0.4, 0.5) is 0 Å². The molecule has 0 unspecified atom stereocenters. The number of hydrogen-bond acceptors (Lipinski definition) is 3. The van der Waals surface area contributed by atoms with Crippen LogP contribution in [-0.4, -0.2) is 43.5 Å². The standard InChI is InChI=1S/C22H28N2O3/c1-18(25)24(16-14-20-10-6-7-11-21(20)27-2)17-15-23-22(26)13-12-19-8-4-3-5-9-19/h3-11H,12-17H2,1-2H3,(H,23,26). The van der Waals surface area contributed by atoms with Crippen molar-refractivity contribution in [3.63, 3.8) is 0 Å². The number of rotatable bonds is 10. The van der Waals surface area contributed by atoms with Gasteiger partial charge in [0.2, 0.25) is 11.8 Å². The molecule has 0 spiro atoms. The van der Waals surface area contributed by atoms with Crippen LogP contribution < -0.4 is 10.1 Å². The van der Waals surface area contributed by atoms with E-state index >= 15 is 0 Å². The first-order valence-corrected chi connectivity index (χ1v) is 9.28. The van der Waals surface area contributed by atoms with Gasteiger partial charge in [-0.25, -0.2) is 0 Å². The SMILES string of the molecule is COc1ccccc1CCN(CCNC(=O)CCc1ccccc1)C(C)=O. The molecule has 5 nitrogen and oxygen atoms in total. The Morgan fingerprint density at radius 2 is 1.67 bits per heavy atom. The Morgan fingerprint density at radius 3 is 2.37 bits per heavy atom. The smallest absolute Gasteiger partial charge is 0.220 e. The number of benzene rings is 2. The van der Waals surface area contributed by atoms with Crippen LogP contribution in [0.1, 0.15) is 24.5 Å². The lowest BCUT2D eigenvalue weighted by Crippen LogP contribution is -2.38.